The van der Waals surface area contributed by atoms with Gasteiger partial charge in [-0.1, -0.05) is 39.8 Å². The number of ketones is 1. The number of benzene rings is 1. The van der Waals surface area contributed by atoms with Crippen LogP contribution < -0.4 is 10.1 Å². The Balaban J connectivity index is 1.62. The lowest BCUT2D eigenvalue weighted by molar-refractivity contribution is -0.317. The summed E-state index contributed by atoms with van der Waals surface area (Å²) in [6, 6.07) is 7.25. The molecule has 4 heterocycles. The lowest BCUT2D eigenvalue weighted by Gasteiger charge is -2.49. The molecule has 16 heteroatoms. The lowest BCUT2D eigenvalue weighted by atomic mass is 9.70. The zero-order valence-electron chi connectivity index (χ0n) is 39.8. The number of nitrogens with one attached hydrogen (secondary N) is 1. The molecule has 1 aromatic rings. The van der Waals surface area contributed by atoms with Crippen molar-refractivity contribution in [1.29, 1.82) is 0 Å². The molecule has 0 bridgehead atoms. The Labute approximate surface area is 378 Å². The van der Waals surface area contributed by atoms with Crippen LogP contribution in [0.25, 0.3) is 0 Å². The molecule has 4 saturated heterocycles. The highest BCUT2D eigenvalue weighted by Gasteiger charge is 2.62. The molecule has 358 valence electrons. The normalized spacial score (nSPS) is 44.3. The molecule has 5 rings (SSSR count). The van der Waals surface area contributed by atoms with E-state index < -0.39 is 113 Å². The van der Waals surface area contributed by atoms with Crippen molar-refractivity contribution in [3.8, 4) is 5.75 Å². The topological polar surface area (TPSA) is 187 Å². The van der Waals surface area contributed by atoms with E-state index in [9.17, 15) is 19.8 Å². The molecule has 4 fully saturated rings. The highest BCUT2D eigenvalue weighted by Crippen LogP contribution is 2.50. The Morgan fingerprint density at radius 3 is 2.10 bits per heavy atom. The molecule has 4 aliphatic rings. The number of esters is 2. The number of rotatable bonds is 12. The average Bonchev–Trinajstić information content (AvgIpc) is 3.52. The largest absolute Gasteiger partial charge is 0.497 e. The highest BCUT2D eigenvalue weighted by atomic mass is 32.2. The number of hydrogen-bond donors (Lipinski definition) is 3. The van der Waals surface area contributed by atoms with Crippen LogP contribution in [0.5, 0.6) is 5.75 Å². The van der Waals surface area contributed by atoms with E-state index in [0.717, 1.165) is 5.56 Å². The third-order valence-electron chi connectivity index (χ3n) is 14.6. The van der Waals surface area contributed by atoms with Gasteiger partial charge in [0.05, 0.1) is 48.6 Å². The summed E-state index contributed by atoms with van der Waals surface area (Å²) in [5.41, 5.74) is -2.70. The fourth-order valence-electron chi connectivity index (χ4n) is 10.6. The maximum Gasteiger partial charge on any atom is 0.320 e. The summed E-state index contributed by atoms with van der Waals surface area (Å²) in [5, 5.41) is 25.1. The minimum atomic E-state index is -1.37. The number of Topliss-reactive ketones (excluding diaryl/α,β-unsaturated/α-hetero) is 1. The molecular formula is C47H75NO14S. The van der Waals surface area contributed by atoms with Gasteiger partial charge in [0, 0.05) is 56.1 Å². The molecule has 0 saturated carbocycles. The summed E-state index contributed by atoms with van der Waals surface area (Å²) < 4.78 is 56.7. The van der Waals surface area contributed by atoms with Gasteiger partial charge in [-0.3, -0.25) is 14.4 Å². The standard InChI is InChI=1S/C47H75NO14S/c1-15-33-47(10)35(39(43(53)62-47)63-23-30-16-18-31(54-12)19-17-30)26(4)36(49)24(2)21-46(9,56-14)41(61-44-37(50)32(48-11)20-25(3)57-44)27(5)38(28(6)42(52)59-33)60-34-22-45(8,55-13)40(51)29(7)58-34/h16-19,24-29,32-35,37-41,44,48,50-51H,15,20-23H2,1-14H3/t24-,25-,26-,27+,28-,29+,32+,33-,34+,35+,37-,38+,39?,40+,41-,44+,45-,46-,47-/m1/s1. The van der Waals surface area contributed by atoms with Crippen LogP contribution in [0.3, 0.4) is 0 Å². The first-order chi connectivity index (χ1) is 29.6. The van der Waals surface area contributed by atoms with Crippen LogP contribution in [-0.2, 0) is 58.0 Å². The van der Waals surface area contributed by atoms with Crippen LogP contribution in [0, 0.1) is 29.6 Å². The predicted molar refractivity (Wildman–Crippen MR) is 236 cm³/mol. The van der Waals surface area contributed by atoms with Crippen molar-refractivity contribution in [3.05, 3.63) is 29.8 Å². The molecule has 0 spiro atoms. The van der Waals surface area contributed by atoms with Gasteiger partial charge < -0.3 is 58.2 Å². The summed E-state index contributed by atoms with van der Waals surface area (Å²) in [6.45, 7) is 18.2. The summed E-state index contributed by atoms with van der Waals surface area (Å²) in [6.07, 6.45) is -6.84. The van der Waals surface area contributed by atoms with Crippen LogP contribution in [-0.4, -0.2) is 140 Å². The van der Waals surface area contributed by atoms with Crippen molar-refractivity contribution in [3.63, 3.8) is 0 Å². The number of likely N-dealkylation sites (N-methyl/N-ethyl adjacent to an activating group) is 1. The second-order valence-corrected chi connectivity index (χ2v) is 20.2. The highest BCUT2D eigenvalue weighted by molar-refractivity contribution is 7.99. The van der Waals surface area contributed by atoms with Crippen molar-refractivity contribution in [2.24, 2.45) is 29.6 Å². The van der Waals surface area contributed by atoms with Crippen LogP contribution in [0.15, 0.2) is 24.3 Å². The first-order valence-corrected chi connectivity index (χ1v) is 23.6. The van der Waals surface area contributed by atoms with Gasteiger partial charge in [0.1, 0.15) is 35.1 Å². The Kier molecular flexibility index (Phi) is 17.3. The van der Waals surface area contributed by atoms with Gasteiger partial charge in [0.25, 0.3) is 0 Å². The van der Waals surface area contributed by atoms with Crippen molar-refractivity contribution in [2.75, 3.05) is 28.4 Å². The third-order valence-corrected chi connectivity index (χ3v) is 15.9. The Hall–Kier alpha value is -2.38. The molecule has 1 unspecified atom stereocenters. The van der Waals surface area contributed by atoms with Crippen molar-refractivity contribution in [1.82, 2.24) is 5.32 Å². The quantitative estimate of drug-likeness (QED) is 0.231. The predicted octanol–water partition coefficient (Wildman–Crippen LogP) is 5.23. The number of aliphatic hydroxyl groups is 2. The Morgan fingerprint density at radius 1 is 0.857 bits per heavy atom. The van der Waals surface area contributed by atoms with E-state index in [1.165, 1.54) is 18.9 Å². The van der Waals surface area contributed by atoms with Gasteiger partial charge in [-0.15, -0.1) is 11.8 Å². The van der Waals surface area contributed by atoms with Gasteiger partial charge >= 0.3 is 11.9 Å². The number of fused-ring (bicyclic) bond motifs is 1. The van der Waals surface area contributed by atoms with E-state index in [-0.39, 0.29) is 37.2 Å². The van der Waals surface area contributed by atoms with Crippen molar-refractivity contribution >= 4 is 29.5 Å². The van der Waals surface area contributed by atoms with E-state index in [1.54, 1.807) is 49.0 Å². The molecule has 3 N–H and O–H groups in total. The molecule has 0 aromatic heterocycles. The van der Waals surface area contributed by atoms with Crippen LogP contribution in [0.1, 0.15) is 100 Å². The molecular weight excluding hydrogens is 835 g/mol. The summed E-state index contributed by atoms with van der Waals surface area (Å²) in [4.78, 5) is 44.0. The van der Waals surface area contributed by atoms with Crippen LogP contribution in [0.2, 0.25) is 0 Å². The first-order valence-electron chi connectivity index (χ1n) is 22.6. The molecule has 19 atom stereocenters. The van der Waals surface area contributed by atoms with E-state index in [2.05, 4.69) is 5.32 Å². The van der Waals surface area contributed by atoms with Gasteiger partial charge in [-0.05, 0) is 85.5 Å². The number of carbonyl (C=O) groups excluding carboxylic acids is 3. The smallest absolute Gasteiger partial charge is 0.320 e. The maximum absolute atomic E-state index is 15.0. The number of thioether (sulfide) groups is 1. The number of carbonyl (C=O) groups is 3. The molecule has 1 aromatic carbocycles. The Morgan fingerprint density at radius 2 is 1.51 bits per heavy atom. The van der Waals surface area contributed by atoms with Gasteiger partial charge in [0.2, 0.25) is 0 Å². The number of hydrogen-bond acceptors (Lipinski definition) is 16. The van der Waals surface area contributed by atoms with E-state index in [1.807, 2.05) is 65.8 Å². The number of cyclic esters (lactones) is 1. The van der Waals surface area contributed by atoms with E-state index in [4.69, 9.17) is 42.6 Å². The average molecular weight is 910 g/mol. The molecule has 4 aliphatic heterocycles. The fourth-order valence-corrected chi connectivity index (χ4v) is 12.1. The third kappa shape index (κ3) is 10.8. The summed E-state index contributed by atoms with van der Waals surface area (Å²) in [5.74, 6) is -3.79. The molecule has 0 amide bonds. The minimum absolute atomic E-state index is 0.117. The monoisotopic (exact) mass is 909 g/mol. The first kappa shape index (κ1) is 51.6. The zero-order valence-corrected chi connectivity index (χ0v) is 40.6. The van der Waals surface area contributed by atoms with Crippen molar-refractivity contribution in [2.45, 2.75) is 184 Å². The number of ether oxygens (including phenoxy) is 9. The summed E-state index contributed by atoms with van der Waals surface area (Å²) in [7, 11) is 6.44. The SMILES string of the molecule is CC[C@H]1OC(=O)[C@H](C)[C@@H](O[C@H]2C[C@@](C)(OC)[C@@H](O)[C@H](C)O2)[C@H](C)[C@@H](O[C@@H]2O[C@H](C)C[C@H](NC)[C@H]2O)[C@](C)(OC)C[C@@H](C)C(=O)[C@H](C)[C@H]2C(SCc3ccc(OC)cc3)C(=O)O[C@@]21C. The molecule has 0 radical (unpaired) electrons. The number of methoxy groups -OCH3 is 3. The molecule has 63 heavy (non-hydrogen) atoms. The molecule has 0 aliphatic carbocycles. The van der Waals surface area contributed by atoms with Gasteiger partial charge in [0.15, 0.2) is 18.2 Å². The van der Waals surface area contributed by atoms with Crippen LogP contribution in [0.4, 0.5) is 0 Å². The van der Waals surface area contributed by atoms with E-state index in [0.29, 0.717) is 17.9 Å². The van der Waals surface area contributed by atoms with E-state index >= 15 is 4.79 Å². The maximum atomic E-state index is 15.0. The second kappa shape index (κ2) is 21.1. The lowest BCUT2D eigenvalue weighted by Crippen LogP contribution is -2.61. The van der Waals surface area contributed by atoms with Crippen molar-refractivity contribution < 1.29 is 67.2 Å². The number of aliphatic hydroxyl groups excluding tert-OH is 2. The minimum Gasteiger partial charge on any atom is -0.497 e. The second-order valence-electron chi connectivity index (χ2n) is 19.0. The van der Waals surface area contributed by atoms with Crippen LogP contribution >= 0.6 is 11.8 Å². The fraction of sp³-hybridized carbons (Fsp3) is 0.809. The van der Waals surface area contributed by atoms with Gasteiger partial charge in [-0.2, -0.15) is 0 Å². The molecule has 15 nitrogen and oxygen atoms in total. The zero-order chi connectivity index (χ0) is 46.8. The van der Waals surface area contributed by atoms with Gasteiger partial charge in [-0.25, -0.2) is 0 Å². The summed E-state index contributed by atoms with van der Waals surface area (Å²) >= 11 is 1.40. The Bertz CT molecular complexity index is 1700.